The third-order valence-electron chi connectivity index (χ3n) is 5.30. The molecule has 2 aromatic rings. The van der Waals surface area contributed by atoms with E-state index in [1.807, 2.05) is 54.0 Å². The maximum absolute atomic E-state index is 13.0. The van der Waals surface area contributed by atoms with Crippen molar-refractivity contribution in [2.75, 3.05) is 27.2 Å². The van der Waals surface area contributed by atoms with E-state index in [1.165, 1.54) is 25.7 Å². The fraction of sp³-hybridized carbons (Fsp3) is 0.500. The standard InChI is InChI=1S/C20H28N4O/c1-22(16-8-4-5-9-16)14-15-24(3)20(25)18-11-7-6-10-17(18)19-21-12-13-23(19)2/h6-7,10-13,16H,4-5,8-9,14-15H2,1-3H3. The second kappa shape index (κ2) is 7.83. The predicted molar refractivity (Wildman–Crippen MR) is 100 cm³/mol. The van der Waals surface area contributed by atoms with Crippen molar-refractivity contribution in [3.05, 3.63) is 42.2 Å². The van der Waals surface area contributed by atoms with Gasteiger partial charge in [-0.25, -0.2) is 4.98 Å². The van der Waals surface area contributed by atoms with Crippen molar-refractivity contribution < 1.29 is 4.79 Å². The van der Waals surface area contributed by atoms with Gasteiger partial charge < -0.3 is 14.4 Å². The molecule has 134 valence electrons. The first-order valence-corrected chi connectivity index (χ1v) is 9.10. The molecule has 0 saturated heterocycles. The summed E-state index contributed by atoms with van der Waals surface area (Å²) < 4.78 is 1.94. The topological polar surface area (TPSA) is 41.4 Å². The molecule has 1 aliphatic carbocycles. The SMILES string of the molecule is CN(CCN(C)C1CCCC1)C(=O)c1ccccc1-c1nccn1C. The fourth-order valence-corrected chi connectivity index (χ4v) is 3.63. The van der Waals surface area contributed by atoms with E-state index in [4.69, 9.17) is 0 Å². The Hall–Kier alpha value is -2.14. The predicted octanol–water partition coefficient (Wildman–Crippen LogP) is 3.03. The zero-order valence-electron chi connectivity index (χ0n) is 15.5. The van der Waals surface area contributed by atoms with Crippen molar-refractivity contribution in [2.45, 2.75) is 31.7 Å². The Labute approximate surface area is 150 Å². The van der Waals surface area contributed by atoms with E-state index in [0.717, 1.165) is 24.5 Å². The van der Waals surface area contributed by atoms with Crippen LogP contribution in [0.2, 0.25) is 0 Å². The molecule has 1 aromatic heterocycles. The smallest absolute Gasteiger partial charge is 0.254 e. The average molecular weight is 340 g/mol. The van der Waals surface area contributed by atoms with Crippen LogP contribution >= 0.6 is 0 Å². The van der Waals surface area contributed by atoms with Gasteiger partial charge in [0.25, 0.3) is 5.91 Å². The molecule has 0 bridgehead atoms. The van der Waals surface area contributed by atoms with E-state index in [9.17, 15) is 4.79 Å². The Balaban J connectivity index is 1.69. The molecular formula is C20H28N4O. The highest BCUT2D eigenvalue weighted by molar-refractivity contribution is 6.00. The van der Waals surface area contributed by atoms with Crippen LogP contribution in [-0.4, -0.2) is 58.5 Å². The molecule has 1 saturated carbocycles. The molecule has 0 N–H and O–H groups in total. The van der Waals surface area contributed by atoms with Crippen LogP contribution in [0.4, 0.5) is 0 Å². The summed E-state index contributed by atoms with van der Waals surface area (Å²) in [5, 5.41) is 0. The molecule has 1 aliphatic rings. The minimum Gasteiger partial charge on any atom is -0.340 e. The first-order valence-electron chi connectivity index (χ1n) is 9.10. The van der Waals surface area contributed by atoms with E-state index < -0.39 is 0 Å². The summed E-state index contributed by atoms with van der Waals surface area (Å²) in [6.45, 7) is 1.65. The van der Waals surface area contributed by atoms with Gasteiger partial charge in [-0.1, -0.05) is 31.0 Å². The Bertz CT molecular complexity index is 718. The van der Waals surface area contributed by atoms with Gasteiger partial charge >= 0.3 is 0 Å². The summed E-state index contributed by atoms with van der Waals surface area (Å²) in [4.78, 5) is 21.6. The highest BCUT2D eigenvalue weighted by Gasteiger charge is 2.22. The molecule has 1 heterocycles. The Morgan fingerprint density at radius 1 is 1.20 bits per heavy atom. The van der Waals surface area contributed by atoms with E-state index in [2.05, 4.69) is 16.9 Å². The van der Waals surface area contributed by atoms with Crippen LogP contribution in [-0.2, 0) is 7.05 Å². The number of aryl methyl sites for hydroxylation is 1. The summed E-state index contributed by atoms with van der Waals surface area (Å²) in [7, 11) is 6.01. The van der Waals surface area contributed by atoms with Gasteiger partial charge in [0.1, 0.15) is 5.82 Å². The molecule has 1 aromatic carbocycles. The molecule has 25 heavy (non-hydrogen) atoms. The molecule has 0 atom stereocenters. The van der Waals surface area contributed by atoms with Crippen molar-refractivity contribution in [1.29, 1.82) is 0 Å². The van der Waals surface area contributed by atoms with E-state index in [1.54, 1.807) is 6.20 Å². The van der Waals surface area contributed by atoms with Gasteiger partial charge in [0.2, 0.25) is 0 Å². The number of benzene rings is 1. The summed E-state index contributed by atoms with van der Waals surface area (Å²) in [5.41, 5.74) is 1.60. The third kappa shape index (κ3) is 3.93. The van der Waals surface area contributed by atoms with Crippen LogP contribution in [0.5, 0.6) is 0 Å². The molecule has 0 radical (unpaired) electrons. The van der Waals surface area contributed by atoms with Gasteiger partial charge in [-0.05, 0) is 26.0 Å². The number of rotatable bonds is 6. The molecular weight excluding hydrogens is 312 g/mol. The maximum Gasteiger partial charge on any atom is 0.254 e. The van der Waals surface area contributed by atoms with E-state index in [0.29, 0.717) is 11.6 Å². The number of nitrogens with zero attached hydrogens (tertiary/aromatic N) is 4. The minimum absolute atomic E-state index is 0.0541. The quantitative estimate of drug-likeness (QED) is 0.812. The molecule has 3 rings (SSSR count). The van der Waals surface area contributed by atoms with Gasteiger partial charge in [-0.15, -0.1) is 0 Å². The Kier molecular flexibility index (Phi) is 5.53. The summed E-state index contributed by atoms with van der Waals surface area (Å²) >= 11 is 0. The Morgan fingerprint density at radius 3 is 2.60 bits per heavy atom. The highest BCUT2D eigenvalue weighted by Crippen LogP contribution is 2.24. The summed E-state index contributed by atoms with van der Waals surface area (Å²) in [6, 6.07) is 8.41. The molecule has 5 heteroatoms. The normalized spacial score (nSPS) is 15.0. The molecule has 0 aliphatic heterocycles. The number of carbonyl (C=O) groups excluding carboxylic acids is 1. The second-order valence-corrected chi connectivity index (χ2v) is 7.05. The van der Waals surface area contributed by atoms with Gasteiger partial charge in [0.05, 0.1) is 5.56 Å². The monoisotopic (exact) mass is 340 g/mol. The molecule has 5 nitrogen and oxygen atoms in total. The van der Waals surface area contributed by atoms with Crippen LogP contribution in [0.3, 0.4) is 0 Å². The lowest BCUT2D eigenvalue weighted by molar-refractivity contribution is 0.0775. The lowest BCUT2D eigenvalue weighted by Gasteiger charge is -2.27. The Morgan fingerprint density at radius 2 is 1.92 bits per heavy atom. The van der Waals surface area contributed by atoms with Gasteiger partial charge in [0.15, 0.2) is 0 Å². The van der Waals surface area contributed by atoms with Crippen molar-refractivity contribution in [2.24, 2.45) is 7.05 Å². The molecule has 0 unspecified atom stereocenters. The fourth-order valence-electron chi connectivity index (χ4n) is 3.63. The van der Waals surface area contributed by atoms with Crippen LogP contribution in [0.15, 0.2) is 36.7 Å². The highest BCUT2D eigenvalue weighted by atomic mass is 16.2. The number of amides is 1. The van der Waals surface area contributed by atoms with E-state index in [-0.39, 0.29) is 5.91 Å². The number of likely N-dealkylation sites (N-methyl/N-ethyl adjacent to an activating group) is 2. The minimum atomic E-state index is 0.0541. The van der Waals surface area contributed by atoms with Gasteiger partial charge in [0, 0.05) is 51.2 Å². The number of hydrogen-bond donors (Lipinski definition) is 0. The first kappa shape index (κ1) is 17.7. The van der Waals surface area contributed by atoms with Gasteiger partial charge in [-0.3, -0.25) is 4.79 Å². The first-order chi connectivity index (χ1) is 12.1. The number of aromatic nitrogens is 2. The summed E-state index contributed by atoms with van der Waals surface area (Å²) in [6.07, 6.45) is 8.90. The van der Waals surface area contributed by atoms with Crippen LogP contribution < -0.4 is 0 Å². The maximum atomic E-state index is 13.0. The van der Waals surface area contributed by atoms with Crippen LogP contribution in [0.25, 0.3) is 11.4 Å². The van der Waals surface area contributed by atoms with Crippen LogP contribution in [0, 0.1) is 0 Å². The number of carbonyl (C=O) groups is 1. The van der Waals surface area contributed by atoms with Crippen LogP contribution in [0.1, 0.15) is 36.0 Å². The molecule has 0 spiro atoms. The largest absolute Gasteiger partial charge is 0.340 e. The molecule has 1 fully saturated rings. The average Bonchev–Trinajstić information content (AvgIpc) is 3.30. The number of imidazole rings is 1. The van der Waals surface area contributed by atoms with Gasteiger partial charge in [-0.2, -0.15) is 0 Å². The second-order valence-electron chi connectivity index (χ2n) is 7.05. The van der Waals surface area contributed by atoms with E-state index >= 15 is 0 Å². The zero-order chi connectivity index (χ0) is 17.8. The van der Waals surface area contributed by atoms with Crippen molar-refractivity contribution in [1.82, 2.24) is 19.4 Å². The summed E-state index contributed by atoms with van der Waals surface area (Å²) in [5.74, 6) is 0.874. The third-order valence-corrected chi connectivity index (χ3v) is 5.30. The number of hydrogen-bond acceptors (Lipinski definition) is 3. The lowest BCUT2D eigenvalue weighted by Crippen LogP contribution is -2.38. The van der Waals surface area contributed by atoms with Crippen molar-refractivity contribution >= 4 is 5.91 Å². The van der Waals surface area contributed by atoms with Crippen molar-refractivity contribution in [3.8, 4) is 11.4 Å². The molecule has 1 amide bonds. The zero-order valence-corrected chi connectivity index (χ0v) is 15.5. The van der Waals surface area contributed by atoms with Crippen molar-refractivity contribution in [3.63, 3.8) is 0 Å². The lowest BCUT2D eigenvalue weighted by atomic mass is 10.1.